The summed E-state index contributed by atoms with van der Waals surface area (Å²) in [5, 5.41) is 22.3. The summed E-state index contributed by atoms with van der Waals surface area (Å²) in [6, 6.07) is 6.31. The van der Waals surface area contributed by atoms with Gasteiger partial charge >= 0.3 is 5.97 Å². The van der Waals surface area contributed by atoms with Crippen LogP contribution in [0.5, 0.6) is 5.75 Å². The number of ether oxygens (including phenoxy) is 2. The zero-order valence-corrected chi connectivity index (χ0v) is 19.1. The quantitative estimate of drug-likeness (QED) is 0.730. The van der Waals surface area contributed by atoms with Gasteiger partial charge in [-0.2, -0.15) is 0 Å². The number of piperidine rings is 1. The zero-order chi connectivity index (χ0) is 22.8. The van der Waals surface area contributed by atoms with Crippen LogP contribution in [0.15, 0.2) is 34.8 Å². The molecule has 2 N–H and O–H groups in total. The van der Waals surface area contributed by atoms with Crippen LogP contribution >= 0.6 is 0 Å². The van der Waals surface area contributed by atoms with Crippen molar-refractivity contribution in [2.75, 3.05) is 33.5 Å². The zero-order valence-electron chi connectivity index (χ0n) is 19.1. The summed E-state index contributed by atoms with van der Waals surface area (Å²) in [7, 11) is 1.68. The summed E-state index contributed by atoms with van der Waals surface area (Å²) in [6.07, 6.45) is 7.02. The molecule has 6 rings (SSSR count). The molecule has 5 aliphatic rings. The van der Waals surface area contributed by atoms with E-state index in [2.05, 4.69) is 17.0 Å². The lowest BCUT2D eigenvalue weighted by atomic mass is 9.48. The van der Waals surface area contributed by atoms with Crippen molar-refractivity contribution in [3.8, 4) is 5.75 Å². The second-order valence-corrected chi connectivity index (χ2v) is 10.5. The minimum Gasteiger partial charge on any atom is -0.497 e. The van der Waals surface area contributed by atoms with Crippen molar-refractivity contribution in [1.29, 1.82) is 0 Å². The molecule has 3 fully saturated rings. The average molecular weight is 453 g/mol. The maximum atomic E-state index is 12.6. The second kappa shape index (κ2) is 7.65. The Morgan fingerprint density at radius 1 is 1.33 bits per heavy atom. The standard InChI is InChI=1S/C26H32N2O5/c1-32-20-5-4-17-9-23-26(31)11-18-8-19(24(29)30)14-33-15-27-22(18)12-25(26,21(17)10-20)6-7-28(23)13-16-2-3-16/h4-5,8,10,16,19,23,31H,2-3,6-7,9,11-15H2,1H3,(H,29,30)/b18-8-,27-22?. The molecule has 7 nitrogen and oxygen atoms in total. The molecule has 1 aromatic carbocycles. The first-order chi connectivity index (χ1) is 15.9. The van der Waals surface area contributed by atoms with Crippen LogP contribution in [0.3, 0.4) is 0 Å². The minimum absolute atomic E-state index is 0.0140. The van der Waals surface area contributed by atoms with Crippen molar-refractivity contribution in [1.82, 2.24) is 4.90 Å². The Balaban J connectivity index is 1.49. The molecule has 2 aliphatic heterocycles. The fourth-order valence-electron chi connectivity index (χ4n) is 6.82. The molecule has 0 aromatic heterocycles. The first-order valence-corrected chi connectivity index (χ1v) is 12.1. The number of hydrogen-bond acceptors (Lipinski definition) is 6. The number of rotatable bonds is 4. The Labute approximate surface area is 194 Å². The number of benzene rings is 1. The minimum atomic E-state index is -0.979. The normalized spacial score (nSPS) is 37.3. The van der Waals surface area contributed by atoms with Crippen LogP contribution in [0.1, 0.15) is 43.2 Å². The number of nitrogens with zero attached hydrogens (tertiary/aromatic N) is 2. The number of carboxylic acid groups (broad SMARTS) is 1. The van der Waals surface area contributed by atoms with Gasteiger partial charge in [0, 0.05) is 36.6 Å². The van der Waals surface area contributed by atoms with E-state index in [1.54, 1.807) is 13.2 Å². The summed E-state index contributed by atoms with van der Waals surface area (Å²) in [5.41, 5.74) is 2.78. The van der Waals surface area contributed by atoms with E-state index in [-0.39, 0.29) is 19.4 Å². The van der Waals surface area contributed by atoms with Gasteiger partial charge in [-0.05, 0) is 67.0 Å². The Bertz CT molecular complexity index is 1050. The molecule has 2 saturated carbocycles. The van der Waals surface area contributed by atoms with Gasteiger partial charge in [-0.3, -0.25) is 14.7 Å². The number of likely N-dealkylation sites (tertiary alicyclic amines) is 1. The van der Waals surface area contributed by atoms with E-state index in [1.165, 1.54) is 24.0 Å². The molecule has 4 unspecified atom stereocenters. The maximum absolute atomic E-state index is 12.6. The molecule has 3 aliphatic carbocycles. The summed E-state index contributed by atoms with van der Waals surface area (Å²) in [5.74, 6) is -0.0698. The largest absolute Gasteiger partial charge is 0.497 e. The third-order valence-corrected chi connectivity index (χ3v) is 8.75. The highest BCUT2D eigenvalue weighted by molar-refractivity contribution is 6.03. The van der Waals surface area contributed by atoms with Crippen LogP contribution in [-0.2, 0) is 21.4 Å². The van der Waals surface area contributed by atoms with Gasteiger partial charge in [0.1, 0.15) is 12.5 Å². The van der Waals surface area contributed by atoms with Crippen molar-refractivity contribution in [3.05, 3.63) is 41.0 Å². The molecule has 33 heavy (non-hydrogen) atoms. The van der Waals surface area contributed by atoms with Crippen molar-refractivity contribution in [2.45, 2.75) is 55.6 Å². The van der Waals surface area contributed by atoms with Crippen molar-refractivity contribution >= 4 is 11.7 Å². The van der Waals surface area contributed by atoms with E-state index in [0.29, 0.717) is 12.8 Å². The Morgan fingerprint density at radius 2 is 2.18 bits per heavy atom. The lowest BCUT2D eigenvalue weighted by Crippen LogP contribution is -2.73. The van der Waals surface area contributed by atoms with Crippen LogP contribution in [0.4, 0.5) is 0 Å². The molecule has 7 heteroatoms. The first-order valence-electron chi connectivity index (χ1n) is 12.1. The number of aliphatic carboxylic acids is 1. The van der Waals surface area contributed by atoms with Gasteiger partial charge in [0.25, 0.3) is 0 Å². The Hall–Kier alpha value is -2.22. The third-order valence-electron chi connectivity index (χ3n) is 8.75. The molecule has 1 saturated heterocycles. The molecule has 4 atom stereocenters. The summed E-state index contributed by atoms with van der Waals surface area (Å²) < 4.78 is 11.1. The topological polar surface area (TPSA) is 91.6 Å². The fourth-order valence-corrected chi connectivity index (χ4v) is 6.82. The highest BCUT2D eigenvalue weighted by atomic mass is 16.5. The van der Waals surface area contributed by atoms with Gasteiger partial charge in [0.15, 0.2) is 0 Å². The number of carbonyl (C=O) groups is 1. The number of fused-ring (bicyclic) bond motifs is 2. The number of aliphatic imine (C=N–C) groups is 1. The Kier molecular flexibility index (Phi) is 4.94. The van der Waals surface area contributed by atoms with E-state index in [0.717, 1.165) is 48.9 Å². The first kappa shape index (κ1) is 21.3. The van der Waals surface area contributed by atoms with Crippen LogP contribution in [-0.4, -0.2) is 72.0 Å². The fraction of sp³-hybridized carbons (Fsp3) is 0.615. The average Bonchev–Trinajstić information content (AvgIpc) is 3.59. The molecule has 0 spiro atoms. The van der Waals surface area contributed by atoms with Gasteiger partial charge in [-0.25, -0.2) is 0 Å². The molecule has 176 valence electrons. The van der Waals surface area contributed by atoms with E-state index >= 15 is 0 Å². The molecule has 1 aromatic rings. The molecular weight excluding hydrogens is 420 g/mol. The third kappa shape index (κ3) is 3.27. The van der Waals surface area contributed by atoms with Gasteiger partial charge in [0.05, 0.1) is 25.2 Å². The predicted molar refractivity (Wildman–Crippen MR) is 123 cm³/mol. The van der Waals surface area contributed by atoms with Gasteiger partial charge < -0.3 is 19.7 Å². The van der Waals surface area contributed by atoms with Crippen LogP contribution in [0.2, 0.25) is 0 Å². The molecule has 2 heterocycles. The Morgan fingerprint density at radius 3 is 2.94 bits per heavy atom. The van der Waals surface area contributed by atoms with E-state index in [9.17, 15) is 15.0 Å². The van der Waals surface area contributed by atoms with E-state index in [1.807, 2.05) is 6.07 Å². The number of hydrogen-bond donors (Lipinski definition) is 2. The molecule has 2 bridgehead atoms. The van der Waals surface area contributed by atoms with Crippen LogP contribution < -0.4 is 4.74 Å². The lowest BCUT2D eigenvalue weighted by Gasteiger charge is -2.64. The van der Waals surface area contributed by atoms with Gasteiger partial charge in [-0.15, -0.1) is 0 Å². The van der Waals surface area contributed by atoms with E-state index in [4.69, 9.17) is 14.5 Å². The SMILES string of the molecule is COc1ccc2c(c1)C13CCN(CC4CC4)C(C2)C1(O)C/C1=C/C(C(=O)O)COCN=C1C3. The molecular formula is C26H32N2O5. The summed E-state index contributed by atoms with van der Waals surface area (Å²) in [6.45, 7) is 2.27. The van der Waals surface area contributed by atoms with E-state index < -0.39 is 22.9 Å². The van der Waals surface area contributed by atoms with Gasteiger partial charge in [-0.1, -0.05) is 12.1 Å². The van der Waals surface area contributed by atoms with Crippen molar-refractivity contribution in [3.63, 3.8) is 0 Å². The molecule has 0 amide bonds. The van der Waals surface area contributed by atoms with Crippen LogP contribution in [0, 0.1) is 11.8 Å². The highest BCUT2D eigenvalue weighted by Gasteiger charge is 2.65. The van der Waals surface area contributed by atoms with Crippen molar-refractivity contribution < 1.29 is 24.5 Å². The maximum Gasteiger partial charge on any atom is 0.312 e. The number of carboxylic acids is 1. The predicted octanol–water partition coefficient (Wildman–Crippen LogP) is 2.55. The smallest absolute Gasteiger partial charge is 0.312 e. The highest BCUT2D eigenvalue weighted by Crippen LogP contribution is 2.59. The van der Waals surface area contributed by atoms with Gasteiger partial charge in [0.2, 0.25) is 0 Å². The number of aliphatic hydroxyl groups is 1. The van der Waals surface area contributed by atoms with Crippen molar-refractivity contribution in [2.24, 2.45) is 16.8 Å². The summed E-state index contributed by atoms with van der Waals surface area (Å²) >= 11 is 0. The molecule has 0 radical (unpaired) electrons. The lowest BCUT2D eigenvalue weighted by molar-refractivity contribution is -0.148. The van der Waals surface area contributed by atoms with Crippen LogP contribution in [0.25, 0.3) is 0 Å². The monoisotopic (exact) mass is 452 g/mol. The second-order valence-electron chi connectivity index (χ2n) is 10.5. The summed E-state index contributed by atoms with van der Waals surface area (Å²) in [4.78, 5) is 19.1. The number of methoxy groups -OCH3 is 1.